The lowest BCUT2D eigenvalue weighted by Crippen LogP contribution is -2.26. The van der Waals surface area contributed by atoms with E-state index in [0.29, 0.717) is 13.0 Å². The summed E-state index contributed by atoms with van der Waals surface area (Å²) in [4.78, 5) is 0.0517. The van der Waals surface area contributed by atoms with Gasteiger partial charge in [0.2, 0.25) is 10.0 Å². The Bertz CT molecular complexity index is 669. The Balaban J connectivity index is 2.06. The van der Waals surface area contributed by atoms with Gasteiger partial charge in [0.05, 0.1) is 11.3 Å². The highest BCUT2D eigenvalue weighted by Gasteiger charge is 2.17. The number of furan rings is 1. The van der Waals surface area contributed by atoms with E-state index in [1.807, 2.05) is 0 Å². The first-order valence-electron chi connectivity index (χ1n) is 6.03. The average molecular weight is 315 g/mol. The molecule has 0 aliphatic rings. The summed E-state index contributed by atoms with van der Waals surface area (Å²) in [7, 11) is -3.63. The molecule has 108 valence electrons. The van der Waals surface area contributed by atoms with Crippen LogP contribution in [0, 0.1) is 0 Å². The van der Waals surface area contributed by atoms with E-state index in [1.165, 1.54) is 6.07 Å². The summed E-state index contributed by atoms with van der Waals surface area (Å²) in [6, 6.07) is 8.21. The van der Waals surface area contributed by atoms with Crippen LogP contribution >= 0.6 is 11.6 Å². The molecule has 0 bridgehead atoms. The first kappa shape index (κ1) is 15.1. The zero-order valence-electron chi connectivity index (χ0n) is 10.7. The van der Waals surface area contributed by atoms with Crippen LogP contribution in [0.15, 0.2) is 45.9 Å². The van der Waals surface area contributed by atoms with Gasteiger partial charge in [-0.15, -0.1) is 0 Å². The Morgan fingerprint density at radius 2 is 2.10 bits per heavy atom. The molecule has 0 radical (unpaired) electrons. The minimum atomic E-state index is -3.63. The lowest BCUT2D eigenvalue weighted by atomic mass is 10.2. The standard InChI is InChI=1S/C13H15ClN2O3S/c14-12-8-10(9-15)3-4-13(12)20(17,18)16-6-5-11-2-1-7-19-11/h1-4,7-8,16H,5-6,9,15H2. The van der Waals surface area contributed by atoms with E-state index in [9.17, 15) is 8.42 Å². The van der Waals surface area contributed by atoms with Crippen LogP contribution in [0.1, 0.15) is 11.3 Å². The number of rotatable bonds is 6. The van der Waals surface area contributed by atoms with Gasteiger partial charge in [0, 0.05) is 19.5 Å². The van der Waals surface area contributed by atoms with Crippen LogP contribution in [0.25, 0.3) is 0 Å². The Kier molecular flexibility index (Phi) is 4.82. The molecule has 0 saturated carbocycles. The summed E-state index contributed by atoms with van der Waals surface area (Å²) in [5.74, 6) is 0.720. The van der Waals surface area contributed by atoms with Crippen molar-refractivity contribution in [2.45, 2.75) is 17.9 Å². The molecule has 0 aliphatic heterocycles. The minimum Gasteiger partial charge on any atom is -0.469 e. The number of nitrogens with two attached hydrogens (primary N) is 1. The summed E-state index contributed by atoms with van der Waals surface area (Å²) in [6.07, 6.45) is 2.02. The quantitative estimate of drug-likeness (QED) is 0.853. The van der Waals surface area contributed by atoms with Crippen LogP contribution in [0.3, 0.4) is 0 Å². The minimum absolute atomic E-state index is 0.0517. The fourth-order valence-corrected chi connectivity index (χ4v) is 3.33. The van der Waals surface area contributed by atoms with Crippen molar-refractivity contribution in [3.63, 3.8) is 0 Å². The lowest BCUT2D eigenvalue weighted by molar-refractivity contribution is 0.506. The largest absolute Gasteiger partial charge is 0.469 e. The predicted molar refractivity (Wildman–Crippen MR) is 76.9 cm³/mol. The molecule has 1 aromatic heterocycles. The Morgan fingerprint density at radius 3 is 2.70 bits per heavy atom. The van der Waals surface area contributed by atoms with Crippen LogP contribution in [0.5, 0.6) is 0 Å². The Hall–Kier alpha value is -1.34. The van der Waals surface area contributed by atoms with E-state index in [1.54, 1.807) is 30.5 Å². The van der Waals surface area contributed by atoms with Crippen molar-refractivity contribution < 1.29 is 12.8 Å². The van der Waals surface area contributed by atoms with Crippen molar-refractivity contribution in [3.05, 3.63) is 52.9 Å². The normalized spacial score (nSPS) is 11.7. The molecule has 0 atom stereocenters. The smallest absolute Gasteiger partial charge is 0.242 e. The van der Waals surface area contributed by atoms with E-state index in [-0.39, 0.29) is 16.5 Å². The van der Waals surface area contributed by atoms with Crippen LogP contribution in [0.2, 0.25) is 5.02 Å². The fourth-order valence-electron chi connectivity index (χ4n) is 1.73. The predicted octanol–water partition coefficient (Wildman–Crippen LogP) is 1.91. The van der Waals surface area contributed by atoms with Gasteiger partial charge < -0.3 is 10.2 Å². The van der Waals surface area contributed by atoms with Gasteiger partial charge in [0.1, 0.15) is 10.7 Å². The zero-order chi connectivity index (χ0) is 14.6. The molecule has 0 amide bonds. The number of hydrogen-bond donors (Lipinski definition) is 2. The molecular formula is C13H15ClN2O3S. The Labute approximate surface area is 122 Å². The molecule has 2 rings (SSSR count). The summed E-state index contributed by atoms with van der Waals surface area (Å²) < 4.78 is 31.9. The highest BCUT2D eigenvalue weighted by molar-refractivity contribution is 7.89. The first-order chi connectivity index (χ1) is 9.53. The van der Waals surface area contributed by atoms with Gasteiger partial charge in [-0.05, 0) is 29.8 Å². The second-order valence-corrected chi connectivity index (χ2v) is 6.34. The molecular weight excluding hydrogens is 300 g/mol. The molecule has 1 aromatic carbocycles. The second kappa shape index (κ2) is 6.41. The van der Waals surface area contributed by atoms with Gasteiger partial charge in [0.15, 0.2) is 0 Å². The molecule has 0 saturated heterocycles. The summed E-state index contributed by atoms with van der Waals surface area (Å²) in [5.41, 5.74) is 6.26. The van der Waals surface area contributed by atoms with Gasteiger partial charge in [-0.25, -0.2) is 13.1 Å². The van der Waals surface area contributed by atoms with Crippen molar-refractivity contribution in [1.29, 1.82) is 0 Å². The highest BCUT2D eigenvalue weighted by Crippen LogP contribution is 2.22. The molecule has 0 fully saturated rings. The van der Waals surface area contributed by atoms with Crippen LogP contribution in [0.4, 0.5) is 0 Å². The van der Waals surface area contributed by atoms with Crippen molar-refractivity contribution >= 4 is 21.6 Å². The number of benzene rings is 1. The molecule has 1 heterocycles. The van der Waals surface area contributed by atoms with Crippen molar-refractivity contribution in [3.8, 4) is 0 Å². The maximum Gasteiger partial charge on any atom is 0.242 e. The first-order valence-corrected chi connectivity index (χ1v) is 7.89. The highest BCUT2D eigenvalue weighted by atomic mass is 35.5. The van der Waals surface area contributed by atoms with Gasteiger partial charge in [-0.2, -0.15) is 0 Å². The van der Waals surface area contributed by atoms with E-state index in [0.717, 1.165) is 11.3 Å². The van der Waals surface area contributed by atoms with Crippen molar-refractivity contribution in [1.82, 2.24) is 4.72 Å². The molecule has 5 nitrogen and oxygen atoms in total. The van der Waals surface area contributed by atoms with Gasteiger partial charge >= 0.3 is 0 Å². The molecule has 2 aromatic rings. The number of halogens is 1. The van der Waals surface area contributed by atoms with Crippen molar-refractivity contribution in [2.75, 3.05) is 6.54 Å². The van der Waals surface area contributed by atoms with Crippen LogP contribution in [-0.4, -0.2) is 15.0 Å². The third-order valence-electron chi connectivity index (χ3n) is 2.77. The number of nitrogens with one attached hydrogen (secondary N) is 1. The summed E-state index contributed by atoms with van der Waals surface area (Å²) in [5, 5.41) is 0.165. The van der Waals surface area contributed by atoms with Gasteiger partial charge in [-0.1, -0.05) is 17.7 Å². The fraction of sp³-hybridized carbons (Fsp3) is 0.231. The van der Waals surface area contributed by atoms with E-state index in [2.05, 4.69) is 4.72 Å². The van der Waals surface area contributed by atoms with E-state index < -0.39 is 10.0 Å². The third-order valence-corrected chi connectivity index (χ3v) is 4.71. The van der Waals surface area contributed by atoms with E-state index >= 15 is 0 Å². The van der Waals surface area contributed by atoms with Gasteiger partial charge in [-0.3, -0.25) is 0 Å². The second-order valence-electron chi connectivity index (χ2n) is 4.20. The van der Waals surface area contributed by atoms with Crippen molar-refractivity contribution in [2.24, 2.45) is 5.73 Å². The summed E-state index contributed by atoms with van der Waals surface area (Å²) >= 11 is 5.98. The third kappa shape index (κ3) is 3.61. The lowest BCUT2D eigenvalue weighted by Gasteiger charge is -2.08. The Morgan fingerprint density at radius 1 is 1.30 bits per heavy atom. The van der Waals surface area contributed by atoms with Crippen LogP contribution in [-0.2, 0) is 23.0 Å². The summed E-state index contributed by atoms with van der Waals surface area (Å²) in [6.45, 7) is 0.552. The molecule has 7 heteroatoms. The maximum atomic E-state index is 12.1. The molecule has 0 unspecified atom stereocenters. The monoisotopic (exact) mass is 314 g/mol. The topological polar surface area (TPSA) is 85.3 Å². The molecule has 3 N–H and O–H groups in total. The SMILES string of the molecule is NCc1ccc(S(=O)(=O)NCCc2ccco2)c(Cl)c1. The maximum absolute atomic E-state index is 12.1. The molecule has 0 spiro atoms. The van der Waals surface area contributed by atoms with Crippen LogP contribution < -0.4 is 10.5 Å². The number of hydrogen-bond acceptors (Lipinski definition) is 4. The average Bonchev–Trinajstić information content (AvgIpc) is 2.91. The molecule has 0 aliphatic carbocycles. The van der Waals surface area contributed by atoms with E-state index in [4.69, 9.17) is 21.8 Å². The van der Waals surface area contributed by atoms with Gasteiger partial charge in [0.25, 0.3) is 0 Å². The zero-order valence-corrected chi connectivity index (χ0v) is 12.2. The number of sulfonamides is 1. The molecule has 20 heavy (non-hydrogen) atoms.